The van der Waals surface area contributed by atoms with Gasteiger partial charge in [0.25, 0.3) is 5.56 Å². The fourth-order valence-corrected chi connectivity index (χ4v) is 2.40. The molecule has 1 N–H and O–H groups in total. The summed E-state index contributed by atoms with van der Waals surface area (Å²) in [6.07, 6.45) is 4.60. The number of nitrogens with one attached hydrogen (secondary N) is 1. The first-order chi connectivity index (χ1) is 10.1. The van der Waals surface area contributed by atoms with Gasteiger partial charge in [-0.05, 0) is 25.8 Å². The minimum absolute atomic E-state index is 0.0247. The van der Waals surface area contributed by atoms with Gasteiger partial charge in [0.15, 0.2) is 5.65 Å². The van der Waals surface area contributed by atoms with Crippen molar-refractivity contribution in [3.05, 3.63) is 75.3 Å². The number of allylic oxidation sites excluding steroid dienone is 1. The van der Waals surface area contributed by atoms with Crippen LogP contribution in [-0.2, 0) is 6.42 Å². The van der Waals surface area contributed by atoms with Crippen LogP contribution in [0.2, 0.25) is 0 Å². The molecule has 4 nitrogen and oxygen atoms in total. The quantitative estimate of drug-likeness (QED) is 0.801. The van der Waals surface area contributed by atoms with Gasteiger partial charge in [0, 0.05) is 23.0 Å². The lowest BCUT2D eigenvalue weighted by atomic mass is 10.1. The zero-order valence-electron chi connectivity index (χ0n) is 12.1. The maximum absolute atomic E-state index is 12.5. The molecule has 0 fully saturated rings. The van der Waals surface area contributed by atoms with Crippen LogP contribution in [0, 0.1) is 13.8 Å². The molecule has 0 radical (unpaired) electrons. The Kier molecular flexibility index (Phi) is 3.44. The normalized spacial score (nSPS) is 11.5. The molecule has 0 bridgehead atoms. The highest BCUT2D eigenvalue weighted by molar-refractivity contribution is 5.49. The summed E-state index contributed by atoms with van der Waals surface area (Å²) in [4.78, 5) is 16.9. The molecule has 2 aromatic heterocycles. The molecular formula is C17H17N3O. The number of benzene rings is 1. The largest absolute Gasteiger partial charge is 0.294 e. The zero-order chi connectivity index (χ0) is 14.8. The molecule has 0 atom stereocenters. The van der Waals surface area contributed by atoms with E-state index in [0.717, 1.165) is 22.5 Å². The Bertz CT molecular complexity index is 857. The van der Waals surface area contributed by atoms with E-state index in [2.05, 4.69) is 10.1 Å². The predicted octanol–water partition coefficient (Wildman–Crippen LogP) is 2.90. The van der Waals surface area contributed by atoms with Gasteiger partial charge in [-0.25, -0.2) is 9.50 Å². The van der Waals surface area contributed by atoms with Crippen LogP contribution in [0.15, 0.2) is 47.3 Å². The van der Waals surface area contributed by atoms with Crippen LogP contribution in [0.3, 0.4) is 0 Å². The summed E-state index contributed by atoms with van der Waals surface area (Å²) in [5, 5.41) is 3.02. The molecule has 106 valence electrons. The van der Waals surface area contributed by atoms with Gasteiger partial charge in [-0.3, -0.25) is 9.89 Å². The van der Waals surface area contributed by atoms with E-state index in [-0.39, 0.29) is 5.56 Å². The Morgan fingerprint density at radius 3 is 2.76 bits per heavy atom. The van der Waals surface area contributed by atoms with E-state index in [1.165, 1.54) is 4.52 Å². The van der Waals surface area contributed by atoms with Crippen molar-refractivity contribution in [3.8, 4) is 0 Å². The highest BCUT2D eigenvalue weighted by Gasteiger charge is 2.09. The van der Waals surface area contributed by atoms with Crippen molar-refractivity contribution < 1.29 is 0 Å². The van der Waals surface area contributed by atoms with E-state index in [9.17, 15) is 4.79 Å². The molecule has 1 aromatic carbocycles. The molecule has 0 unspecified atom stereocenters. The van der Waals surface area contributed by atoms with E-state index in [4.69, 9.17) is 0 Å². The Morgan fingerprint density at radius 2 is 2.00 bits per heavy atom. The number of hydrogen-bond donors (Lipinski definition) is 1. The Hall–Kier alpha value is -2.62. The number of aromatic nitrogens is 3. The van der Waals surface area contributed by atoms with Crippen LogP contribution in [-0.4, -0.2) is 14.6 Å². The van der Waals surface area contributed by atoms with Gasteiger partial charge < -0.3 is 0 Å². The van der Waals surface area contributed by atoms with Gasteiger partial charge in [0.05, 0.1) is 0 Å². The molecule has 0 saturated heterocycles. The van der Waals surface area contributed by atoms with E-state index >= 15 is 0 Å². The highest BCUT2D eigenvalue weighted by atomic mass is 16.1. The summed E-state index contributed by atoms with van der Waals surface area (Å²) in [5.74, 6) is 0. The SMILES string of the molecule is Cc1cc2nc(C)c(CC=Cc3ccccc3)c(=O)n2[nH]1. The third-order valence-electron chi connectivity index (χ3n) is 3.47. The monoisotopic (exact) mass is 279 g/mol. The second kappa shape index (κ2) is 5.40. The maximum Gasteiger partial charge on any atom is 0.276 e. The summed E-state index contributed by atoms with van der Waals surface area (Å²) >= 11 is 0. The fourth-order valence-electron chi connectivity index (χ4n) is 2.40. The van der Waals surface area contributed by atoms with E-state index in [0.29, 0.717) is 12.1 Å². The van der Waals surface area contributed by atoms with Gasteiger partial charge in [-0.15, -0.1) is 0 Å². The van der Waals surface area contributed by atoms with E-state index in [1.54, 1.807) is 0 Å². The van der Waals surface area contributed by atoms with Crippen LogP contribution in [0.4, 0.5) is 0 Å². The van der Waals surface area contributed by atoms with Crippen molar-refractivity contribution in [2.75, 3.05) is 0 Å². The van der Waals surface area contributed by atoms with Crippen molar-refractivity contribution in [1.82, 2.24) is 14.6 Å². The zero-order valence-corrected chi connectivity index (χ0v) is 12.1. The van der Waals surface area contributed by atoms with E-state index in [1.807, 2.05) is 62.4 Å². The molecule has 2 heterocycles. The van der Waals surface area contributed by atoms with Crippen LogP contribution < -0.4 is 5.56 Å². The van der Waals surface area contributed by atoms with Gasteiger partial charge in [-0.2, -0.15) is 0 Å². The number of aromatic amines is 1. The number of fused-ring (bicyclic) bond motifs is 1. The van der Waals surface area contributed by atoms with Gasteiger partial charge in [-0.1, -0.05) is 42.5 Å². The minimum Gasteiger partial charge on any atom is -0.294 e. The number of hydrogen-bond acceptors (Lipinski definition) is 2. The van der Waals surface area contributed by atoms with Gasteiger partial charge >= 0.3 is 0 Å². The smallest absolute Gasteiger partial charge is 0.276 e. The predicted molar refractivity (Wildman–Crippen MR) is 84.5 cm³/mol. The number of aryl methyl sites for hydroxylation is 2. The average molecular weight is 279 g/mol. The molecule has 0 aliphatic heterocycles. The molecule has 0 spiro atoms. The number of rotatable bonds is 3. The summed E-state index contributed by atoms with van der Waals surface area (Å²) in [5.41, 5.74) is 4.21. The van der Waals surface area contributed by atoms with Crippen molar-refractivity contribution in [2.45, 2.75) is 20.3 Å². The highest BCUT2D eigenvalue weighted by Crippen LogP contribution is 2.08. The Morgan fingerprint density at radius 1 is 1.24 bits per heavy atom. The molecular weight excluding hydrogens is 262 g/mol. The van der Waals surface area contributed by atoms with E-state index < -0.39 is 0 Å². The summed E-state index contributed by atoms with van der Waals surface area (Å²) in [7, 11) is 0. The fraction of sp³-hybridized carbons (Fsp3) is 0.176. The molecule has 4 heteroatoms. The summed E-state index contributed by atoms with van der Waals surface area (Å²) in [6, 6.07) is 11.9. The Labute approximate surface area is 122 Å². The molecule has 3 rings (SSSR count). The van der Waals surface area contributed by atoms with Gasteiger partial charge in [0.1, 0.15) is 0 Å². The lowest BCUT2D eigenvalue weighted by molar-refractivity contribution is 0.850. The number of H-pyrrole nitrogens is 1. The van der Waals surface area contributed by atoms with Crippen LogP contribution >= 0.6 is 0 Å². The second-order valence-corrected chi connectivity index (χ2v) is 5.13. The topological polar surface area (TPSA) is 50.2 Å². The molecule has 3 aromatic rings. The van der Waals surface area contributed by atoms with Crippen LogP contribution in [0.1, 0.15) is 22.5 Å². The first-order valence-electron chi connectivity index (χ1n) is 6.94. The van der Waals surface area contributed by atoms with Crippen LogP contribution in [0.25, 0.3) is 11.7 Å². The molecule has 21 heavy (non-hydrogen) atoms. The molecule has 0 aliphatic rings. The van der Waals surface area contributed by atoms with Gasteiger partial charge in [0.2, 0.25) is 0 Å². The third kappa shape index (κ3) is 2.65. The maximum atomic E-state index is 12.5. The van der Waals surface area contributed by atoms with Crippen molar-refractivity contribution in [1.29, 1.82) is 0 Å². The lowest BCUT2D eigenvalue weighted by Gasteiger charge is -2.02. The minimum atomic E-state index is -0.0247. The summed E-state index contributed by atoms with van der Waals surface area (Å²) in [6.45, 7) is 3.80. The summed E-state index contributed by atoms with van der Waals surface area (Å²) < 4.78 is 1.51. The Balaban J connectivity index is 1.94. The molecule has 0 saturated carbocycles. The van der Waals surface area contributed by atoms with Crippen molar-refractivity contribution in [3.63, 3.8) is 0 Å². The molecule has 0 aliphatic carbocycles. The first kappa shape index (κ1) is 13.4. The lowest BCUT2D eigenvalue weighted by Crippen LogP contribution is -2.21. The van der Waals surface area contributed by atoms with Crippen molar-refractivity contribution in [2.24, 2.45) is 0 Å². The average Bonchev–Trinajstić information content (AvgIpc) is 2.84. The second-order valence-electron chi connectivity index (χ2n) is 5.13. The third-order valence-corrected chi connectivity index (χ3v) is 3.47. The van der Waals surface area contributed by atoms with Crippen LogP contribution in [0.5, 0.6) is 0 Å². The first-order valence-corrected chi connectivity index (χ1v) is 6.94. The van der Waals surface area contributed by atoms with Crippen molar-refractivity contribution >= 4 is 11.7 Å². The number of nitrogens with zero attached hydrogens (tertiary/aromatic N) is 2. The standard InChI is InChI=1S/C17H17N3O/c1-12-11-16-18-13(2)15(17(21)20(16)19-12)10-6-9-14-7-4-3-5-8-14/h3-9,11,19H,10H2,1-2H3. The molecule has 0 amide bonds.